The highest BCUT2D eigenvalue weighted by Gasteiger charge is 2.47. The molecule has 5 rings (SSSR count). The van der Waals surface area contributed by atoms with Gasteiger partial charge in [0.1, 0.15) is 6.23 Å². The van der Waals surface area contributed by atoms with Crippen molar-refractivity contribution in [1.29, 1.82) is 0 Å². The minimum absolute atomic E-state index is 0.207. The molecule has 0 amide bonds. The SMILES string of the molecule is OC1Nc2ccccc2C12CCN(c1cc(Cl)cc3[nH]ncc13)CC2. The van der Waals surface area contributed by atoms with E-state index in [4.69, 9.17) is 11.6 Å². The van der Waals surface area contributed by atoms with Gasteiger partial charge in [-0.3, -0.25) is 5.10 Å². The monoisotopic (exact) mass is 354 g/mol. The largest absolute Gasteiger partial charge is 0.373 e. The van der Waals surface area contributed by atoms with E-state index in [9.17, 15) is 5.11 Å². The van der Waals surface area contributed by atoms with Crippen molar-refractivity contribution in [3.05, 3.63) is 53.2 Å². The first-order chi connectivity index (χ1) is 12.2. The first-order valence-corrected chi connectivity index (χ1v) is 8.97. The van der Waals surface area contributed by atoms with Crippen molar-refractivity contribution in [2.45, 2.75) is 24.5 Å². The molecule has 0 aliphatic carbocycles. The second kappa shape index (κ2) is 5.38. The third-order valence-corrected chi connectivity index (χ3v) is 6.00. The Hall–Kier alpha value is -2.24. The lowest BCUT2D eigenvalue weighted by atomic mass is 9.73. The van der Waals surface area contributed by atoms with Crippen LogP contribution in [0, 0.1) is 0 Å². The molecule has 2 aromatic carbocycles. The summed E-state index contributed by atoms with van der Waals surface area (Å²) in [6.45, 7) is 1.74. The second-order valence-electron chi connectivity index (χ2n) is 6.99. The molecule has 3 aromatic rings. The van der Waals surface area contributed by atoms with Gasteiger partial charge in [0.25, 0.3) is 0 Å². The number of hydrogen-bond donors (Lipinski definition) is 3. The van der Waals surface area contributed by atoms with Crippen molar-refractivity contribution in [2.75, 3.05) is 23.3 Å². The van der Waals surface area contributed by atoms with E-state index in [1.807, 2.05) is 30.5 Å². The van der Waals surface area contributed by atoms with E-state index in [1.165, 1.54) is 5.56 Å². The zero-order valence-electron chi connectivity index (χ0n) is 13.7. The van der Waals surface area contributed by atoms with E-state index in [2.05, 4.69) is 32.5 Å². The molecule has 5 nitrogen and oxygen atoms in total. The van der Waals surface area contributed by atoms with Crippen LogP contribution in [0.1, 0.15) is 18.4 Å². The molecule has 128 valence electrons. The molecule has 1 fully saturated rings. The fourth-order valence-corrected chi connectivity index (χ4v) is 4.64. The number of rotatable bonds is 1. The highest BCUT2D eigenvalue weighted by molar-refractivity contribution is 6.31. The van der Waals surface area contributed by atoms with Gasteiger partial charge in [-0.1, -0.05) is 29.8 Å². The van der Waals surface area contributed by atoms with Crippen LogP contribution in [0.4, 0.5) is 11.4 Å². The molecule has 2 aliphatic rings. The second-order valence-corrected chi connectivity index (χ2v) is 7.43. The number of aromatic nitrogens is 2. The molecule has 1 unspecified atom stereocenters. The van der Waals surface area contributed by atoms with Crippen LogP contribution in [-0.4, -0.2) is 34.6 Å². The van der Waals surface area contributed by atoms with Gasteiger partial charge in [-0.05, 0) is 36.6 Å². The van der Waals surface area contributed by atoms with Crippen LogP contribution in [0.3, 0.4) is 0 Å². The number of nitrogens with zero attached hydrogens (tertiary/aromatic N) is 2. The average Bonchev–Trinajstić information content (AvgIpc) is 3.19. The molecule has 2 aliphatic heterocycles. The highest BCUT2D eigenvalue weighted by Crippen LogP contribution is 2.47. The van der Waals surface area contributed by atoms with Gasteiger partial charge < -0.3 is 15.3 Å². The Kier molecular flexibility index (Phi) is 3.24. The van der Waals surface area contributed by atoms with Crippen LogP contribution >= 0.6 is 11.6 Å². The summed E-state index contributed by atoms with van der Waals surface area (Å²) in [5, 5.41) is 22.9. The zero-order chi connectivity index (χ0) is 17.0. The number of anilines is 2. The predicted octanol–water partition coefficient (Wildman–Crippen LogP) is 3.50. The molecule has 0 bridgehead atoms. The van der Waals surface area contributed by atoms with E-state index in [1.54, 1.807) is 0 Å². The third-order valence-electron chi connectivity index (χ3n) is 5.78. The average molecular weight is 355 g/mol. The van der Waals surface area contributed by atoms with Gasteiger partial charge in [-0.25, -0.2) is 0 Å². The number of aromatic amines is 1. The zero-order valence-corrected chi connectivity index (χ0v) is 14.4. The number of halogens is 1. The maximum absolute atomic E-state index is 10.7. The lowest BCUT2D eigenvalue weighted by molar-refractivity contribution is 0.0966. The molecule has 1 aromatic heterocycles. The molecular formula is C19H19ClN4O. The number of hydrogen-bond acceptors (Lipinski definition) is 4. The van der Waals surface area contributed by atoms with E-state index < -0.39 is 6.23 Å². The molecule has 6 heteroatoms. The van der Waals surface area contributed by atoms with E-state index in [-0.39, 0.29) is 5.41 Å². The number of aliphatic hydroxyl groups excluding tert-OH is 1. The van der Waals surface area contributed by atoms with Gasteiger partial charge in [0.05, 0.1) is 11.7 Å². The Labute approximate surface area is 150 Å². The molecule has 1 saturated heterocycles. The molecule has 0 saturated carbocycles. The minimum Gasteiger partial charge on any atom is -0.373 e. The quantitative estimate of drug-likeness (QED) is 0.626. The van der Waals surface area contributed by atoms with E-state index in [0.29, 0.717) is 5.02 Å². The highest BCUT2D eigenvalue weighted by atomic mass is 35.5. The van der Waals surface area contributed by atoms with Gasteiger partial charge in [-0.15, -0.1) is 0 Å². The van der Waals surface area contributed by atoms with Gasteiger partial charge in [0, 0.05) is 40.3 Å². The van der Waals surface area contributed by atoms with Crippen LogP contribution < -0.4 is 10.2 Å². The number of fused-ring (bicyclic) bond motifs is 3. The molecule has 1 spiro atoms. The fraction of sp³-hybridized carbons (Fsp3) is 0.316. The number of H-pyrrole nitrogens is 1. The lowest BCUT2D eigenvalue weighted by Crippen LogP contribution is -2.48. The Morgan fingerprint density at radius 2 is 2.00 bits per heavy atom. The lowest BCUT2D eigenvalue weighted by Gasteiger charge is -2.42. The molecular weight excluding hydrogens is 336 g/mol. The van der Waals surface area contributed by atoms with Crippen LogP contribution in [0.15, 0.2) is 42.6 Å². The number of aliphatic hydroxyl groups is 1. The number of benzene rings is 2. The number of nitrogens with one attached hydrogen (secondary N) is 2. The van der Waals surface area contributed by atoms with Crippen molar-refractivity contribution < 1.29 is 5.11 Å². The summed E-state index contributed by atoms with van der Waals surface area (Å²) in [5.74, 6) is 0. The molecule has 3 heterocycles. The number of para-hydroxylation sites is 1. The van der Waals surface area contributed by atoms with E-state index in [0.717, 1.165) is 48.2 Å². The fourth-order valence-electron chi connectivity index (χ4n) is 4.43. The normalized spacial score (nSPS) is 21.5. The van der Waals surface area contributed by atoms with Crippen molar-refractivity contribution >= 4 is 33.9 Å². The van der Waals surface area contributed by atoms with Gasteiger partial charge in [0.15, 0.2) is 0 Å². The standard InChI is InChI=1S/C19H19ClN4O/c20-12-9-16-13(11-21-23-16)17(10-12)24-7-5-19(6-8-24)14-3-1-2-4-15(14)22-18(19)25/h1-4,9-11,18,22,25H,5-8H2,(H,21,23). The van der Waals surface area contributed by atoms with Crippen LogP contribution in [0.5, 0.6) is 0 Å². The van der Waals surface area contributed by atoms with Gasteiger partial charge in [0.2, 0.25) is 0 Å². The first-order valence-electron chi connectivity index (χ1n) is 8.59. The number of piperidine rings is 1. The summed E-state index contributed by atoms with van der Waals surface area (Å²) in [6, 6.07) is 12.2. The van der Waals surface area contributed by atoms with Crippen LogP contribution in [0.2, 0.25) is 5.02 Å². The minimum atomic E-state index is -0.527. The summed E-state index contributed by atoms with van der Waals surface area (Å²) >= 11 is 6.29. The van der Waals surface area contributed by atoms with Crippen LogP contribution in [-0.2, 0) is 5.41 Å². The molecule has 1 atom stereocenters. The van der Waals surface area contributed by atoms with Crippen molar-refractivity contribution in [3.63, 3.8) is 0 Å². The Morgan fingerprint density at radius 3 is 2.84 bits per heavy atom. The van der Waals surface area contributed by atoms with Crippen molar-refractivity contribution in [2.24, 2.45) is 0 Å². The maximum atomic E-state index is 10.7. The Morgan fingerprint density at radius 1 is 1.20 bits per heavy atom. The smallest absolute Gasteiger partial charge is 0.134 e. The summed E-state index contributed by atoms with van der Waals surface area (Å²) < 4.78 is 0. The maximum Gasteiger partial charge on any atom is 0.134 e. The molecule has 0 radical (unpaired) electrons. The third kappa shape index (κ3) is 2.16. The van der Waals surface area contributed by atoms with Crippen LogP contribution in [0.25, 0.3) is 10.9 Å². The summed E-state index contributed by atoms with van der Waals surface area (Å²) in [5.41, 5.74) is 4.15. The summed E-state index contributed by atoms with van der Waals surface area (Å²) in [7, 11) is 0. The summed E-state index contributed by atoms with van der Waals surface area (Å²) in [6.07, 6.45) is 3.11. The predicted molar refractivity (Wildman–Crippen MR) is 100 cm³/mol. The van der Waals surface area contributed by atoms with Crippen molar-refractivity contribution in [1.82, 2.24) is 10.2 Å². The van der Waals surface area contributed by atoms with E-state index >= 15 is 0 Å². The first kappa shape index (κ1) is 15.0. The van der Waals surface area contributed by atoms with Gasteiger partial charge in [-0.2, -0.15) is 5.10 Å². The van der Waals surface area contributed by atoms with Gasteiger partial charge >= 0.3 is 0 Å². The summed E-state index contributed by atoms with van der Waals surface area (Å²) in [4.78, 5) is 2.35. The van der Waals surface area contributed by atoms with Crippen molar-refractivity contribution in [3.8, 4) is 0 Å². The topological polar surface area (TPSA) is 64.2 Å². The molecule has 25 heavy (non-hydrogen) atoms. The molecule has 3 N–H and O–H groups in total. The Bertz CT molecular complexity index is 946. The Balaban J connectivity index is 1.48.